The molecule has 0 heterocycles. The maximum atomic E-state index is 11.0. The molecule has 2 aromatic rings. The van der Waals surface area contributed by atoms with E-state index < -0.39 is 0 Å². The maximum Gasteiger partial charge on any atom is 0.221 e. The van der Waals surface area contributed by atoms with Crippen molar-refractivity contribution in [2.24, 2.45) is 0 Å². The summed E-state index contributed by atoms with van der Waals surface area (Å²) >= 11 is 6.18. The van der Waals surface area contributed by atoms with Gasteiger partial charge in [0.25, 0.3) is 0 Å². The van der Waals surface area contributed by atoms with Crippen molar-refractivity contribution in [1.82, 2.24) is 0 Å². The molecule has 4 heteroatoms. The summed E-state index contributed by atoms with van der Waals surface area (Å²) in [6, 6.07) is 15.5. The fourth-order valence-electron chi connectivity index (χ4n) is 2.01. The minimum absolute atomic E-state index is 0.0739. The molecule has 20 heavy (non-hydrogen) atoms. The molecular weight excluding hydrogens is 272 g/mol. The smallest absolute Gasteiger partial charge is 0.221 e. The topological polar surface area (TPSA) is 41.1 Å². The highest BCUT2D eigenvalue weighted by atomic mass is 35.5. The minimum Gasteiger partial charge on any atom is -0.378 e. The first-order valence-electron chi connectivity index (χ1n) is 6.45. The molecule has 1 atom stereocenters. The van der Waals surface area contributed by atoms with Gasteiger partial charge in [-0.1, -0.05) is 29.8 Å². The predicted molar refractivity (Wildman–Crippen MR) is 84.2 cm³/mol. The van der Waals surface area contributed by atoms with Crippen molar-refractivity contribution < 1.29 is 4.79 Å². The summed E-state index contributed by atoms with van der Waals surface area (Å²) in [5.41, 5.74) is 2.82. The highest BCUT2D eigenvalue weighted by Gasteiger charge is 2.08. The van der Waals surface area contributed by atoms with E-state index in [-0.39, 0.29) is 11.9 Å². The van der Waals surface area contributed by atoms with Crippen LogP contribution in [0.1, 0.15) is 25.5 Å². The van der Waals surface area contributed by atoms with E-state index in [1.807, 2.05) is 48.5 Å². The highest BCUT2D eigenvalue weighted by molar-refractivity contribution is 6.31. The third-order valence-corrected chi connectivity index (χ3v) is 3.30. The molecule has 0 aliphatic rings. The number of hydrogen-bond donors (Lipinski definition) is 2. The summed E-state index contributed by atoms with van der Waals surface area (Å²) in [7, 11) is 0. The van der Waals surface area contributed by atoms with Crippen molar-refractivity contribution in [3.63, 3.8) is 0 Å². The fourth-order valence-corrected chi connectivity index (χ4v) is 2.31. The molecule has 0 saturated carbocycles. The lowest BCUT2D eigenvalue weighted by Crippen LogP contribution is -2.08. The van der Waals surface area contributed by atoms with E-state index in [4.69, 9.17) is 11.6 Å². The van der Waals surface area contributed by atoms with E-state index in [1.165, 1.54) is 6.92 Å². The third-order valence-electron chi connectivity index (χ3n) is 2.96. The summed E-state index contributed by atoms with van der Waals surface area (Å²) in [5.74, 6) is -0.0739. The van der Waals surface area contributed by atoms with Crippen molar-refractivity contribution in [3.05, 3.63) is 59.1 Å². The first kappa shape index (κ1) is 14.4. The Labute approximate surface area is 124 Å². The van der Waals surface area contributed by atoms with Gasteiger partial charge in [-0.25, -0.2) is 0 Å². The van der Waals surface area contributed by atoms with Crippen LogP contribution in [0.15, 0.2) is 48.5 Å². The van der Waals surface area contributed by atoms with Gasteiger partial charge in [0, 0.05) is 29.4 Å². The van der Waals surface area contributed by atoms with Gasteiger partial charge in [-0.15, -0.1) is 0 Å². The highest BCUT2D eigenvalue weighted by Crippen LogP contribution is 2.26. The van der Waals surface area contributed by atoms with Crippen LogP contribution in [-0.4, -0.2) is 5.91 Å². The van der Waals surface area contributed by atoms with Gasteiger partial charge < -0.3 is 10.6 Å². The van der Waals surface area contributed by atoms with Crippen LogP contribution in [0.2, 0.25) is 5.02 Å². The summed E-state index contributed by atoms with van der Waals surface area (Å²) < 4.78 is 0. The Balaban J connectivity index is 2.06. The first-order chi connectivity index (χ1) is 9.56. The molecule has 0 bridgehead atoms. The monoisotopic (exact) mass is 288 g/mol. The van der Waals surface area contributed by atoms with Gasteiger partial charge in [-0.3, -0.25) is 4.79 Å². The Morgan fingerprint density at radius 1 is 1.05 bits per heavy atom. The molecule has 0 fully saturated rings. The van der Waals surface area contributed by atoms with Crippen molar-refractivity contribution in [3.8, 4) is 0 Å². The zero-order valence-electron chi connectivity index (χ0n) is 11.5. The molecule has 104 valence electrons. The number of rotatable bonds is 4. The largest absolute Gasteiger partial charge is 0.378 e. The van der Waals surface area contributed by atoms with E-state index in [0.717, 1.165) is 22.0 Å². The molecule has 2 N–H and O–H groups in total. The minimum atomic E-state index is -0.0739. The van der Waals surface area contributed by atoms with E-state index in [1.54, 1.807) is 0 Å². The number of amides is 1. The molecule has 2 rings (SSSR count). The van der Waals surface area contributed by atoms with Crippen LogP contribution in [-0.2, 0) is 4.79 Å². The Kier molecular flexibility index (Phi) is 4.64. The van der Waals surface area contributed by atoms with Crippen molar-refractivity contribution in [1.29, 1.82) is 0 Å². The van der Waals surface area contributed by atoms with E-state index in [2.05, 4.69) is 17.6 Å². The fraction of sp³-hybridized carbons (Fsp3) is 0.188. The van der Waals surface area contributed by atoms with Gasteiger partial charge in [0.1, 0.15) is 0 Å². The summed E-state index contributed by atoms with van der Waals surface area (Å²) in [5, 5.41) is 6.87. The van der Waals surface area contributed by atoms with Crippen LogP contribution in [0.3, 0.4) is 0 Å². The van der Waals surface area contributed by atoms with E-state index >= 15 is 0 Å². The third kappa shape index (κ3) is 3.75. The lowest BCUT2D eigenvalue weighted by molar-refractivity contribution is -0.114. The van der Waals surface area contributed by atoms with Gasteiger partial charge in [0.2, 0.25) is 5.91 Å². The average Bonchev–Trinajstić information content (AvgIpc) is 2.41. The Morgan fingerprint density at radius 2 is 1.65 bits per heavy atom. The van der Waals surface area contributed by atoms with Crippen LogP contribution in [0.4, 0.5) is 11.4 Å². The second kappa shape index (κ2) is 6.44. The molecule has 0 aliphatic heterocycles. The van der Waals surface area contributed by atoms with Crippen LogP contribution in [0.25, 0.3) is 0 Å². The molecule has 2 aromatic carbocycles. The molecule has 3 nitrogen and oxygen atoms in total. The van der Waals surface area contributed by atoms with Crippen molar-refractivity contribution in [2.75, 3.05) is 10.6 Å². The zero-order valence-corrected chi connectivity index (χ0v) is 12.2. The van der Waals surface area contributed by atoms with Gasteiger partial charge in [0.05, 0.1) is 0 Å². The standard InChI is InChI=1S/C16H17ClN2O/c1-11(15-5-3-4-6-16(15)17)18-13-7-9-14(10-8-13)19-12(2)20/h3-11,18H,1-2H3,(H,19,20). The van der Waals surface area contributed by atoms with Crippen LogP contribution >= 0.6 is 11.6 Å². The molecular formula is C16H17ClN2O. The molecule has 0 spiro atoms. The Morgan fingerprint density at radius 3 is 2.25 bits per heavy atom. The lowest BCUT2D eigenvalue weighted by Gasteiger charge is -2.17. The summed E-state index contributed by atoms with van der Waals surface area (Å²) in [6.07, 6.45) is 0. The molecule has 1 amide bonds. The molecule has 0 saturated heterocycles. The van der Waals surface area contributed by atoms with E-state index in [0.29, 0.717) is 0 Å². The number of carbonyl (C=O) groups excluding carboxylic acids is 1. The lowest BCUT2D eigenvalue weighted by atomic mass is 10.1. The van der Waals surface area contributed by atoms with Gasteiger partial charge in [-0.05, 0) is 42.8 Å². The number of nitrogens with one attached hydrogen (secondary N) is 2. The number of anilines is 2. The number of hydrogen-bond acceptors (Lipinski definition) is 2. The number of benzene rings is 2. The molecule has 0 aliphatic carbocycles. The number of carbonyl (C=O) groups is 1. The van der Waals surface area contributed by atoms with Crippen LogP contribution in [0, 0.1) is 0 Å². The SMILES string of the molecule is CC(=O)Nc1ccc(NC(C)c2ccccc2Cl)cc1. The average molecular weight is 289 g/mol. The first-order valence-corrected chi connectivity index (χ1v) is 6.82. The second-order valence-electron chi connectivity index (χ2n) is 4.65. The molecule has 1 unspecified atom stereocenters. The van der Waals surface area contributed by atoms with Crippen molar-refractivity contribution >= 4 is 28.9 Å². The second-order valence-corrected chi connectivity index (χ2v) is 5.05. The van der Waals surface area contributed by atoms with Gasteiger partial charge in [0.15, 0.2) is 0 Å². The summed E-state index contributed by atoms with van der Waals surface area (Å²) in [4.78, 5) is 11.0. The maximum absolute atomic E-state index is 11.0. The quantitative estimate of drug-likeness (QED) is 0.871. The van der Waals surface area contributed by atoms with Crippen LogP contribution in [0.5, 0.6) is 0 Å². The number of halogens is 1. The molecule has 0 aromatic heterocycles. The van der Waals surface area contributed by atoms with Crippen LogP contribution < -0.4 is 10.6 Å². The zero-order chi connectivity index (χ0) is 14.5. The normalized spacial score (nSPS) is 11.8. The van der Waals surface area contributed by atoms with Gasteiger partial charge >= 0.3 is 0 Å². The van der Waals surface area contributed by atoms with Crippen molar-refractivity contribution in [2.45, 2.75) is 19.9 Å². The van der Waals surface area contributed by atoms with Gasteiger partial charge in [-0.2, -0.15) is 0 Å². The Bertz CT molecular complexity index is 596. The predicted octanol–water partition coefficient (Wildman–Crippen LogP) is 4.47. The van der Waals surface area contributed by atoms with E-state index in [9.17, 15) is 4.79 Å². The summed E-state index contributed by atoms with van der Waals surface area (Å²) in [6.45, 7) is 3.55. The Hall–Kier alpha value is -2.00. The molecule has 0 radical (unpaired) electrons.